The van der Waals surface area contributed by atoms with Crippen molar-refractivity contribution in [3.8, 4) is 5.88 Å². The van der Waals surface area contributed by atoms with E-state index in [2.05, 4.69) is 16.9 Å². The summed E-state index contributed by atoms with van der Waals surface area (Å²) in [6.07, 6.45) is 5.39. The van der Waals surface area contributed by atoms with Gasteiger partial charge in [0.25, 0.3) is 0 Å². The third-order valence-corrected chi connectivity index (χ3v) is 4.72. The first kappa shape index (κ1) is 15.0. The Hall–Kier alpha value is -2.53. The van der Waals surface area contributed by atoms with Gasteiger partial charge < -0.3 is 19.4 Å². The number of H-pyrrole nitrogens is 1. The first-order valence-electron chi connectivity index (χ1n) is 8.31. The second-order valence-corrected chi connectivity index (χ2v) is 6.42. The Bertz CT molecular complexity index is 856. The van der Waals surface area contributed by atoms with Gasteiger partial charge in [-0.05, 0) is 45.1 Å². The minimum atomic E-state index is 0.157. The summed E-state index contributed by atoms with van der Waals surface area (Å²) in [7, 11) is 2.14. The lowest BCUT2D eigenvalue weighted by molar-refractivity contribution is 0.257. The van der Waals surface area contributed by atoms with Crippen molar-refractivity contribution in [1.82, 2.24) is 9.88 Å². The van der Waals surface area contributed by atoms with Crippen LogP contribution in [0.4, 0.5) is 0 Å². The Morgan fingerprint density at radius 3 is 2.79 bits per heavy atom. The van der Waals surface area contributed by atoms with Gasteiger partial charge in [0.15, 0.2) is 5.88 Å². The van der Waals surface area contributed by atoms with E-state index in [0.29, 0.717) is 0 Å². The predicted octanol–water partition coefficient (Wildman–Crippen LogP) is 3.40. The molecule has 124 valence electrons. The number of rotatable bonds is 3. The van der Waals surface area contributed by atoms with Crippen LogP contribution in [0.5, 0.6) is 5.88 Å². The number of likely N-dealkylation sites (tertiary alicyclic amines) is 1. The van der Waals surface area contributed by atoms with Crippen LogP contribution in [0, 0.1) is 0 Å². The van der Waals surface area contributed by atoms with E-state index in [-0.39, 0.29) is 11.9 Å². The molecule has 2 N–H and O–H groups in total. The summed E-state index contributed by atoms with van der Waals surface area (Å²) in [6.45, 7) is 2.10. The molecule has 5 heteroatoms. The van der Waals surface area contributed by atoms with E-state index in [9.17, 15) is 5.11 Å². The Morgan fingerprint density at radius 1 is 1.25 bits per heavy atom. The van der Waals surface area contributed by atoms with Gasteiger partial charge in [-0.15, -0.1) is 0 Å². The molecule has 1 aliphatic rings. The van der Waals surface area contributed by atoms with Gasteiger partial charge in [0.1, 0.15) is 0 Å². The molecular weight excluding hydrogens is 302 g/mol. The lowest BCUT2D eigenvalue weighted by Gasteiger charge is -2.27. The zero-order valence-electron chi connectivity index (χ0n) is 13.7. The molecule has 3 heterocycles. The number of aromatic amines is 1. The maximum absolute atomic E-state index is 10.5. The third-order valence-electron chi connectivity index (χ3n) is 4.72. The average molecular weight is 323 g/mol. The quantitative estimate of drug-likeness (QED) is 0.726. The van der Waals surface area contributed by atoms with Gasteiger partial charge >= 0.3 is 0 Å². The molecule has 1 aliphatic heterocycles. The number of nitrogens with zero attached hydrogens (tertiary/aromatic N) is 2. The maximum Gasteiger partial charge on any atom is 0.199 e. The van der Waals surface area contributed by atoms with Crippen LogP contribution >= 0.6 is 0 Å². The summed E-state index contributed by atoms with van der Waals surface area (Å²) in [6, 6.07) is 10.1. The van der Waals surface area contributed by atoms with E-state index in [1.54, 1.807) is 12.5 Å². The molecule has 0 unspecified atom stereocenters. The Kier molecular flexibility index (Phi) is 3.86. The van der Waals surface area contributed by atoms with Crippen LogP contribution in [0.25, 0.3) is 10.9 Å². The highest BCUT2D eigenvalue weighted by molar-refractivity contribution is 6.21. The fourth-order valence-corrected chi connectivity index (χ4v) is 3.36. The fourth-order valence-electron chi connectivity index (χ4n) is 3.36. The second kappa shape index (κ2) is 6.17. The molecule has 3 aromatic rings. The van der Waals surface area contributed by atoms with Gasteiger partial charge in [-0.25, -0.2) is 0 Å². The third kappa shape index (κ3) is 2.71. The van der Waals surface area contributed by atoms with E-state index >= 15 is 0 Å². The largest absolute Gasteiger partial charge is 0.494 e. The van der Waals surface area contributed by atoms with E-state index in [0.717, 1.165) is 53.7 Å². The molecule has 2 aromatic heterocycles. The van der Waals surface area contributed by atoms with Gasteiger partial charge in [-0.3, -0.25) is 4.99 Å². The van der Waals surface area contributed by atoms with Crippen molar-refractivity contribution >= 4 is 16.6 Å². The zero-order valence-corrected chi connectivity index (χ0v) is 13.7. The van der Waals surface area contributed by atoms with Gasteiger partial charge in [-0.1, -0.05) is 18.2 Å². The molecule has 24 heavy (non-hydrogen) atoms. The number of aromatic nitrogens is 1. The molecule has 0 bridgehead atoms. The average Bonchev–Trinajstić information content (AvgIpc) is 3.22. The number of furan rings is 1. The van der Waals surface area contributed by atoms with E-state index in [4.69, 9.17) is 9.41 Å². The highest BCUT2D eigenvalue weighted by Gasteiger charge is 2.22. The number of hydrogen-bond acceptors (Lipinski definition) is 4. The molecule has 0 saturated carbocycles. The lowest BCUT2D eigenvalue weighted by Crippen LogP contribution is -2.32. The minimum Gasteiger partial charge on any atom is -0.494 e. The molecule has 0 radical (unpaired) electrons. The molecule has 0 spiro atoms. The van der Waals surface area contributed by atoms with Crippen LogP contribution in [-0.4, -0.2) is 46.9 Å². The van der Waals surface area contributed by atoms with Gasteiger partial charge in [0.05, 0.1) is 29.8 Å². The molecule has 4 rings (SSSR count). The standard InChI is InChI=1S/C19H21N3O2/c1-22-9-6-14(7-10-22)20-18(13-8-11-24-12-13)17-15-4-2-3-5-16(15)21-19(17)23/h2-5,8,11-12,14,21,23H,6-7,9-10H2,1H3. The van der Waals surface area contributed by atoms with E-state index < -0.39 is 0 Å². The number of para-hydroxylation sites is 1. The predicted molar refractivity (Wildman–Crippen MR) is 94.8 cm³/mol. The van der Waals surface area contributed by atoms with Gasteiger partial charge in [-0.2, -0.15) is 0 Å². The van der Waals surface area contributed by atoms with Gasteiger partial charge in [0, 0.05) is 16.5 Å². The Morgan fingerprint density at radius 2 is 2.04 bits per heavy atom. The number of piperidine rings is 1. The maximum atomic E-state index is 10.5. The summed E-state index contributed by atoms with van der Waals surface area (Å²) in [5.74, 6) is 0.157. The van der Waals surface area contributed by atoms with Crippen LogP contribution in [0.1, 0.15) is 24.0 Å². The summed E-state index contributed by atoms with van der Waals surface area (Å²) in [4.78, 5) is 10.4. The monoisotopic (exact) mass is 323 g/mol. The van der Waals surface area contributed by atoms with Crippen LogP contribution in [0.3, 0.4) is 0 Å². The van der Waals surface area contributed by atoms with Crippen LogP contribution in [0.15, 0.2) is 52.3 Å². The number of aromatic hydroxyl groups is 1. The molecule has 1 fully saturated rings. The van der Waals surface area contributed by atoms with Crippen LogP contribution < -0.4 is 0 Å². The normalized spacial score (nSPS) is 17.6. The van der Waals surface area contributed by atoms with Crippen molar-refractivity contribution in [3.63, 3.8) is 0 Å². The topological polar surface area (TPSA) is 64.8 Å². The SMILES string of the molecule is CN1CCC(N=C(c2ccoc2)c2c(O)[nH]c3ccccc23)CC1. The summed E-state index contributed by atoms with van der Waals surface area (Å²) < 4.78 is 5.27. The smallest absolute Gasteiger partial charge is 0.199 e. The molecule has 0 amide bonds. The van der Waals surface area contributed by atoms with Crippen molar-refractivity contribution < 1.29 is 9.52 Å². The highest BCUT2D eigenvalue weighted by Crippen LogP contribution is 2.31. The Balaban J connectivity index is 1.82. The first-order chi connectivity index (χ1) is 11.7. The lowest BCUT2D eigenvalue weighted by atomic mass is 10.0. The van der Waals surface area contributed by atoms with Gasteiger partial charge in [0.2, 0.25) is 0 Å². The van der Waals surface area contributed by atoms with Crippen molar-refractivity contribution in [1.29, 1.82) is 0 Å². The number of benzene rings is 1. The van der Waals surface area contributed by atoms with Crippen molar-refractivity contribution in [3.05, 3.63) is 54.0 Å². The highest BCUT2D eigenvalue weighted by atomic mass is 16.3. The number of hydrogen-bond donors (Lipinski definition) is 2. The van der Waals surface area contributed by atoms with Crippen molar-refractivity contribution in [2.75, 3.05) is 20.1 Å². The minimum absolute atomic E-state index is 0.157. The van der Waals surface area contributed by atoms with E-state index in [1.165, 1.54) is 0 Å². The van der Waals surface area contributed by atoms with Crippen molar-refractivity contribution in [2.45, 2.75) is 18.9 Å². The number of nitrogens with one attached hydrogen (secondary N) is 1. The second-order valence-electron chi connectivity index (χ2n) is 6.42. The fraction of sp³-hybridized carbons (Fsp3) is 0.316. The number of aliphatic imine (C=N–C) groups is 1. The van der Waals surface area contributed by atoms with Crippen molar-refractivity contribution in [2.24, 2.45) is 4.99 Å². The van der Waals surface area contributed by atoms with Crippen LogP contribution in [0.2, 0.25) is 0 Å². The molecular formula is C19H21N3O2. The molecule has 0 atom stereocenters. The molecule has 0 aliphatic carbocycles. The zero-order chi connectivity index (χ0) is 16.5. The molecule has 5 nitrogen and oxygen atoms in total. The first-order valence-corrected chi connectivity index (χ1v) is 8.31. The summed E-state index contributed by atoms with van der Waals surface area (Å²) in [5, 5.41) is 11.5. The molecule has 1 saturated heterocycles. The van der Waals surface area contributed by atoms with Crippen LogP contribution in [-0.2, 0) is 0 Å². The summed E-state index contributed by atoms with van der Waals surface area (Å²) in [5.41, 5.74) is 3.36. The van der Waals surface area contributed by atoms with E-state index in [1.807, 2.05) is 30.3 Å². The molecule has 1 aromatic carbocycles. The summed E-state index contributed by atoms with van der Waals surface area (Å²) >= 11 is 0. The Labute approximate surface area is 140 Å². The number of fused-ring (bicyclic) bond motifs is 1.